The van der Waals surface area contributed by atoms with Crippen molar-refractivity contribution in [3.8, 4) is 0 Å². The van der Waals surface area contributed by atoms with Crippen LogP contribution >= 0.6 is 0 Å². The Labute approximate surface area is 144 Å². The third kappa shape index (κ3) is 2.59. The van der Waals surface area contributed by atoms with Gasteiger partial charge in [-0.2, -0.15) is 10.1 Å². The van der Waals surface area contributed by atoms with Gasteiger partial charge in [0.25, 0.3) is 0 Å². The van der Waals surface area contributed by atoms with E-state index in [-0.39, 0.29) is 11.9 Å². The van der Waals surface area contributed by atoms with Crippen LogP contribution in [0, 0.1) is 0 Å². The summed E-state index contributed by atoms with van der Waals surface area (Å²) < 4.78 is 5.38. The topological polar surface area (TPSA) is 87.9 Å². The highest BCUT2D eigenvalue weighted by Gasteiger charge is 2.36. The highest BCUT2D eigenvalue weighted by atomic mass is 16.5. The lowest BCUT2D eigenvalue weighted by Gasteiger charge is -2.22. The van der Waals surface area contributed by atoms with Gasteiger partial charge in [-0.3, -0.25) is 9.89 Å². The molecule has 1 unspecified atom stereocenters. The van der Waals surface area contributed by atoms with Crippen LogP contribution < -0.4 is 0 Å². The maximum Gasteiger partial charge on any atom is 0.229 e. The predicted molar refractivity (Wildman–Crippen MR) is 89.8 cm³/mol. The molecule has 1 amide bonds. The summed E-state index contributed by atoms with van der Waals surface area (Å²) in [5, 5.41) is 12.4. The number of hydrogen-bond acceptors (Lipinski definition) is 5. The fraction of sp³-hybridized carbons (Fsp3) is 0.444. The first-order chi connectivity index (χ1) is 12.3. The Kier molecular flexibility index (Phi) is 3.33. The van der Waals surface area contributed by atoms with Gasteiger partial charge in [0.15, 0.2) is 5.82 Å². The van der Waals surface area contributed by atoms with Gasteiger partial charge in [0.2, 0.25) is 11.8 Å². The number of amides is 1. The second-order valence-corrected chi connectivity index (χ2v) is 6.91. The number of rotatable bonds is 4. The zero-order chi connectivity index (χ0) is 16.8. The van der Waals surface area contributed by atoms with Crippen molar-refractivity contribution in [1.29, 1.82) is 0 Å². The van der Waals surface area contributed by atoms with Crippen LogP contribution in [0.4, 0.5) is 0 Å². The van der Waals surface area contributed by atoms with Crippen molar-refractivity contribution < 1.29 is 9.32 Å². The van der Waals surface area contributed by atoms with Crippen LogP contribution in [0.2, 0.25) is 0 Å². The molecule has 0 radical (unpaired) electrons. The van der Waals surface area contributed by atoms with E-state index >= 15 is 0 Å². The number of aromatic amines is 1. The molecule has 1 N–H and O–H groups in total. The summed E-state index contributed by atoms with van der Waals surface area (Å²) in [7, 11) is 0. The van der Waals surface area contributed by atoms with Crippen LogP contribution in [0.25, 0.3) is 10.9 Å². The number of carbonyl (C=O) groups excluding carboxylic acids is 1. The molecule has 128 valence electrons. The van der Waals surface area contributed by atoms with Crippen molar-refractivity contribution in [1.82, 2.24) is 25.2 Å². The van der Waals surface area contributed by atoms with Gasteiger partial charge in [-0.15, -0.1) is 0 Å². The molecule has 3 aromatic rings. The Bertz CT molecular complexity index is 926. The third-order valence-electron chi connectivity index (χ3n) is 5.12. The number of aromatic nitrogens is 4. The Hall–Kier alpha value is -2.70. The first-order valence-corrected chi connectivity index (χ1v) is 8.84. The lowest BCUT2D eigenvalue weighted by Crippen LogP contribution is -2.32. The van der Waals surface area contributed by atoms with Crippen LogP contribution in [-0.4, -0.2) is 37.7 Å². The number of likely N-dealkylation sites (tertiary alicyclic amines) is 1. The molecule has 0 spiro atoms. The molecule has 1 atom stereocenters. The number of fused-ring (bicyclic) bond motifs is 1. The minimum absolute atomic E-state index is 0.0714. The molecule has 7 nitrogen and oxygen atoms in total. The van der Waals surface area contributed by atoms with Gasteiger partial charge in [-0.05, 0) is 31.7 Å². The molecule has 1 aliphatic heterocycles. The van der Waals surface area contributed by atoms with Gasteiger partial charge in [0.05, 0.1) is 23.7 Å². The van der Waals surface area contributed by atoms with Crippen LogP contribution in [0.3, 0.4) is 0 Å². The van der Waals surface area contributed by atoms with Crippen LogP contribution in [0.1, 0.15) is 55.1 Å². The Balaban J connectivity index is 1.36. The first-order valence-electron chi connectivity index (χ1n) is 8.84. The molecule has 7 heteroatoms. The fourth-order valence-electron chi connectivity index (χ4n) is 3.61. The molecule has 3 heterocycles. The van der Waals surface area contributed by atoms with Crippen molar-refractivity contribution in [2.24, 2.45) is 0 Å². The van der Waals surface area contributed by atoms with E-state index in [1.54, 1.807) is 0 Å². The smallest absolute Gasteiger partial charge is 0.229 e. The lowest BCUT2D eigenvalue weighted by atomic mass is 10.1. The van der Waals surface area contributed by atoms with Crippen molar-refractivity contribution >= 4 is 16.8 Å². The summed E-state index contributed by atoms with van der Waals surface area (Å²) in [5.74, 6) is 1.90. The summed E-state index contributed by atoms with van der Waals surface area (Å²) in [4.78, 5) is 19.3. The van der Waals surface area contributed by atoms with Gasteiger partial charge >= 0.3 is 0 Å². The normalized spacial score (nSPS) is 20.5. The number of benzene rings is 1. The molecular formula is C18H19N5O2. The van der Waals surface area contributed by atoms with Crippen molar-refractivity contribution in [2.75, 3.05) is 6.54 Å². The molecule has 1 aromatic carbocycles. The maximum absolute atomic E-state index is 12.9. The Morgan fingerprint density at radius 1 is 1.28 bits per heavy atom. The van der Waals surface area contributed by atoms with Gasteiger partial charge < -0.3 is 9.42 Å². The van der Waals surface area contributed by atoms with Gasteiger partial charge in [0, 0.05) is 17.8 Å². The zero-order valence-electron chi connectivity index (χ0n) is 13.8. The van der Waals surface area contributed by atoms with E-state index in [9.17, 15) is 4.79 Å². The van der Waals surface area contributed by atoms with E-state index in [1.807, 2.05) is 29.2 Å². The monoisotopic (exact) mass is 337 g/mol. The quantitative estimate of drug-likeness (QED) is 0.791. The van der Waals surface area contributed by atoms with Crippen molar-refractivity contribution in [3.05, 3.63) is 41.7 Å². The number of nitrogens with zero attached hydrogens (tertiary/aromatic N) is 4. The predicted octanol–water partition coefficient (Wildman–Crippen LogP) is 2.73. The molecule has 25 heavy (non-hydrogen) atoms. The zero-order valence-corrected chi connectivity index (χ0v) is 13.8. The second-order valence-electron chi connectivity index (χ2n) is 6.91. The van der Waals surface area contributed by atoms with E-state index < -0.39 is 0 Å². The van der Waals surface area contributed by atoms with E-state index in [0.29, 0.717) is 18.2 Å². The molecule has 1 saturated carbocycles. The molecule has 0 bridgehead atoms. The third-order valence-corrected chi connectivity index (χ3v) is 5.12. The number of H-pyrrole nitrogens is 1. The van der Waals surface area contributed by atoms with Gasteiger partial charge in [-0.1, -0.05) is 23.4 Å². The van der Waals surface area contributed by atoms with E-state index in [4.69, 9.17) is 4.52 Å². The molecule has 2 fully saturated rings. The molecule has 1 aliphatic carbocycles. The maximum atomic E-state index is 12.9. The minimum atomic E-state index is -0.0714. The summed E-state index contributed by atoms with van der Waals surface area (Å²) in [6.07, 6.45) is 4.42. The summed E-state index contributed by atoms with van der Waals surface area (Å²) in [6, 6.07) is 7.77. The highest BCUT2D eigenvalue weighted by Crippen LogP contribution is 2.40. The minimum Gasteiger partial charge on any atom is -0.339 e. The first kappa shape index (κ1) is 14.6. The second kappa shape index (κ2) is 5.68. The fourth-order valence-corrected chi connectivity index (χ4v) is 3.61. The average Bonchev–Trinajstić information content (AvgIpc) is 3.04. The van der Waals surface area contributed by atoms with Crippen LogP contribution in [-0.2, 0) is 11.2 Å². The lowest BCUT2D eigenvalue weighted by molar-refractivity contribution is -0.131. The highest BCUT2D eigenvalue weighted by molar-refractivity contribution is 5.87. The van der Waals surface area contributed by atoms with Crippen molar-refractivity contribution in [3.63, 3.8) is 0 Å². The number of para-hydroxylation sites is 1. The van der Waals surface area contributed by atoms with E-state index in [0.717, 1.165) is 54.7 Å². The standard InChI is InChI=1S/C18H19N5O2/c24-16(10-14-12-4-1-2-5-13(12)20-21-14)23-9-3-6-15(23)17-19-18(25-22-17)11-7-8-11/h1-2,4-5,11,15H,3,6-10H2,(H,20,21). The van der Waals surface area contributed by atoms with Gasteiger partial charge in [0.1, 0.15) is 0 Å². The Morgan fingerprint density at radius 2 is 2.16 bits per heavy atom. The summed E-state index contributed by atoms with van der Waals surface area (Å²) >= 11 is 0. The molecular weight excluding hydrogens is 318 g/mol. The largest absolute Gasteiger partial charge is 0.339 e. The number of nitrogens with one attached hydrogen (secondary N) is 1. The summed E-state index contributed by atoms with van der Waals surface area (Å²) in [5.41, 5.74) is 1.74. The molecule has 2 aliphatic rings. The number of hydrogen-bond donors (Lipinski definition) is 1. The molecule has 2 aromatic heterocycles. The van der Waals surface area contributed by atoms with Crippen molar-refractivity contribution in [2.45, 2.75) is 44.1 Å². The van der Waals surface area contributed by atoms with Gasteiger partial charge in [-0.25, -0.2) is 0 Å². The summed E-state index contributed by atoms with van der Waals surface area (Å²) in [6.45, 7) is 0.739. The van der Waals surface area contributed by atoms with E-state index in [1.165, 1.54) is 0 Å². The van der Waals surface area contributed by atoms with Crippen LogP contribution in [0.15, 0.2) is 28.8 Å². The SMILES string of the molecule is O=C(Cc1[nH]nc2ccccc12)N1CCCC1c1noc(C2CC2)n1. The average molecular weight is 337 g/mol. The molecule has 5 rings (SSSR count). The van der Waals surface area contributed by atoms with E-state index in [2.05, 4.69) is 20.3 Å². The van der Waals surface area contributed by atoms with Crippen LogP contribution in [0.5, 0.6) is 0 Å². The Morgan fingerprint density at radius 3 is 3.04 bits per heavy atom. The number of carbonyl (C=O) groups is 1. The molecule has 1 saturated heterocycles.